The molecule has 1 heterocycles. The second kappa shape index (κ2) is 6.08. The zero-order valence-electron chi connectivity index (χ0n) is 7.30. The minimum atomic E-state index is 0. The number of rotatable bonds is 1. The van der Waals surface area contributed by atoms with Gasteiger partial charge in [-0.25, -0.2) is 4.79 Å². The summed E-state index contributed by atoms with van der Waals surface area (Å²) >= 11 is 0. The molecule has 1 aliphatic rings. The molecule has 0 radical (unpaired) electrons. The molecule has 1 fully saturated rings. The van der Waals surface area contributed by atoms with Gasteiger partial charge in [0.25, 0.3) is 0 Å². The van der Waals surface area contributed by atoms with Crippen LogP contribution in [0.2, 0.25) is 0 Å². The molecule has 0 aliphatic carbocycles. The van der Waals surface area contributed by atoms with Crippen molar-refractivity contribution in [1.29, 1.82) is 0 Å². The van der Waals surface area contributed by atoms with Crippen molar-refractivity contribution in [3.63, 3.8) is 0 Å². The Hall–Kier alpha value is -0.480. The predicted octanol–water partition coefficient (Wildman–Crippen LogP) is 0.0429. The van der Waals surface area contributed by atoms with Crippen LogP contribution in [0.3, 0.4) is 0 Å². The lowest BCUT2D eigenvalue weighted by Gasteiger charge is -2.27. The van der Waals surface area contributed by atoms with Crippen LogP contribution < -0.4 is 10.6 Å². The van der Waals surface area contributed by atoms with Crippen LogP contribution in [-0.4, -0.2) is 43.7 Å². The van der Waals surface area contributed by atoms with Gasteiger partial charge in [-0.1, -0.05) is 0 Å². The van der Waals surface area contributed by atoms with E-state index in [-0.39, 0.29) is 18.4 Å². The number of hydrogen-bond acceptors (Lipinski definition) is 2. The van der Waals surface area contributed by atoms with E-state index in [1.165, 1.54) is 0 Å². The fourth-order valence-corrected chi connectivity index (χ4v) is 1.13. The smallest absolute Gasteiger partial charge is 0.317 e. The molecule has 0 unspecified atom stereocenters. The van der Waals surface area contributed by atoms with Crippen molar-refractivity contribution in [1.82, 2.24) is 15.5 Å². The van der Waals surface area contributed by atoms with Gasteiger partial charge in [0.05, 0.1) is 0 Å². The van der Waals surface area contributed by atoms with E-state index in [0.29, 0.717) is 6.54 Å². The standard InChI is InChI=1S/C7H15N3O.ClH/c1-2-9-7(11)10-5-3-8-4-6-10;/h8H,2-6H2,1H3,(H,9,11);1H. The molecule has 1 rings (SSSR count). The summed E-state index contributed by atoms with van der Waals surface area (Å²) in [4.78, 5) is 13.0. The lowest BCUT2D eigenvalue weighted by atomic mass is 10.4. The van der Waals surface area contributed by atoms with Crippen molar-refractivity contribution < 1.29 is 4.79 Å². The molecule has 0 aromatic carbocycles. The van der Waals surface area contributed by atoms with E-state index in [0.717, 1.165) is 26.2 Å². The third-order valence-corrected chi connectivity index (χ3v) is 1.73. The molecule has 0 aromatic heterocycles. The quantitative estimate of drug-likeness (QED) is 0.618. The van der Waals surface area contributed by atoms with Gasteiger partial charge in [-0.05, 0) is 6.92 Å². The first kappa shape index (κ1) is 11.5. The molecule has 0 spiro atoms. The number of piperazine rings is 1. The van der Waals surface area contributed by atoms with Crippen LogP contribution in [-0.2, 0) is 0 Å². The molecule has 72 valence electrons. The Morgan fingerprint density at radius 1 is 1.50 bits per heavy atom. The fourth-order valence-electron chi connectivity index (χ4n) is 1.13. The molecule has 1 aliphatic heterocycles. The first-order valence-electron chi connectivity index (χ1n) is 4.08. The normalized spacial score (nSPS) is 16.6. The molecule has 2 amide bonds. The Labute approximate surface area is 79.1 Å². The predicted molar refractivity (Wildman–Crippen MR) is 50.8 cm³/mol. The lowest BCUT2D eigenvalue weighted by Crippen LogP contribution is -2.50. The van der Waals surface area contributed by atoms with Gasteiger partial charge in [0.15, 0.2) is 0 Å². The first-order valence-corrected chi connectivity index (χ1v) is 4.08. The van der Waals surface area contributed by atoms with Crippen LogP contribution in [0.15, 0.2) is 0 Å². The van der Waals surface area contributed by atoms with Crippen LogP contribution in [0.25, 0.3) is 0 Å². The van der Waals surface area contributed by atoms with Gasteiger partial charge in [0, 0.05) is 32.7 Å². The Balaban J connectivity index is 0.00000121. The zero-order valence-corrected chi connectivity index (χ0v) is 8.12. The van der Waals surface area contributed by atoms with Gasteiger partial charge < -0.3 is 15.5 Å². The summed E-state index contributed by atoms with van der Waals surface area (Å²) in [5.41, 5.74) is 0. The second-order valence-electron chi connectivity index (χ2n) is 2.57. The van der Waals surface area contributed by atoms with E-state index in [9.17, 15) is 4.79 Å². The maximum atomic E-state index is 11.2. The summed E-state index contributed by atoms with van der Waals surface area (Å²) in [7, 11) is 0. The minimum absolute atomic E-state index is 0. The number of urea groups is 1. The van der Waals surface area contributed by atoms with Crippen molar-refractivity contribution in [3.05, 3.63) is 0 Å². The number of hydrogen-bond donors (Lipinski definition) is 2. The van der Waals surface area contributed by atoms with Gasteiger partial charge in [0.1, 0.15) is 0 Å². The molecule has 5 heteroatoms. The van der Waals surface area contributed by atoms with E-state index in [1.54, 1.807) is 0 Å². The number of nitrogens with zero attached hydrogens (tertiary/aromatic N) is 1. The maximum Gasteiger partial charge on any atom is 0.317 e. The third-order valence-electron chi connectivity index (χ3n) is 1.73. The van der Waals surface area contributed by atoms with Crippen molar-refractivity contribution in [2.75, 3.05) is 32.7 Å². The highest BCUT2D eigenvalue weighted by molar-refractivity contribution is 5.85. The minimum Gasteiger partial charge on any atom is -0.338 e. The van der Waals surface area contributed by atoms with E-state index in [1.807, 2.05) is 11.8 Å². The Bertz CT molecular complexity index is 137. The summed E-state index contributed by atoms with van der Waals surface area (Å²) in [6.45, 7) is 6.12. The summed E-state index contributed by atoms with van der Waals surface area (Å²) in [5.74, 6) is 0. The van der Waals surface area contributed by atoms with Crippen LogP contribution >= 0.6 is 12.4 Å². The van der Waals surface area contributed by atoms with E-state index in [2.05, 4.69) is 10.6 Å². The monoisotopic (exact) mass is 193 g/mol. The van der Waals surface area contributed by atoms with Crippen LogP contribution in [0, 0.1) is 0 Å². The van der Waals surface area contributed by atoms with Gasteiger partial charge in [-0.15, -0.1) is 12.4 Å². The highest BCUT2D eigenvalue weighted by Gasteiger charge is 2.13. The van der Waals surface area contributed by atoms with E-state index >= 15 is 0 Å². The van der Waals surface area contributed by atoms with Crippen molar-refractivity contribution >= 4 is 18.4 Å². The van der Waals surface area contributed by atoms with E-state index in [4.69, 9.17) is 0 Å². The molecular formula is C7H16ClN3O. The van der Waals surface area contributed by atoms with Crippen LogP contribution in [0.1, 0.15) is 6.92 Å². The van der Waals surface area contributed by atoms with Crippen LogP contribution in [0.4, 0.5) is 4.79 Å². The summed E-state index contributed by atoms with van der Waals surface area (Å²) < 4.78 is 0. The molecule has 0 atom stereocenters. The average Bonchev–Trinajstić information content (AvgIpc) is 2.07. The summed E-state index contributed by atoms with van der Waals surface area (Å²) in [5, 5.41) is 5.96. The number of carbonyl (C=O) groups is 1. The maximum absolute atomic E-state index is 11.2. The highest BCUT2D eigenvalue weighted by atomic mass is 35.5. The zero-order chi connectivity index (χ0) is 8.10. The van der Waals surface area contributed by atoms with Gasteiger partial charge in [0.2, 0.25) is 0 Å². The van der Waals surface area contributed by atoms with E-state index < -0.39 is 0 Å². The second-order valence-corrected chi connectivity index (χ2v) is 2.57. The Morgan fingerprint density at radius 2 is 2.08 bits per heavy atom. The Morgan fingerprint density at radius 3 is 2.58 bits per heavy atom. The molecule has 12 heavy (non-hydrogen) atoms. The van der Waals surface area contributed by atoms with Gasteiger partial charge in [-0.2, -0.15) is 0 Å². The van der Waals surface area contributed by atoms with Gasteiger partial charge in [-0.3, -0.25) is 0 Å². The third kappa shape index (κ3) is 3.28. The fraction of sp³-hybridized carbons (Fsp3) is 0.857. The molecule has 4 nitrogen and oxygen atoms in total. The molecule has 2 N–H and O–H groups in total. The number of nitrogens with one attached hydrogen (secondary N) is 2. The van der Waals surface area contributed by atoms with Crippen molar-refractivity contribution in [3.8, 4) is 0 Å². The lowest BCUT2D eigenvalue weighted by molar-refractivity contribution is 0.191. The van der Waals surface area contributed by atoms with Crippen molar-refractivity contribution in [2.45, 2.75) is 6.92 Å². The first-order chi connectivity index (χ1) is 5.34. The number of carbonyl (C=O) groups excluding carboxylic acids is 1. The van der Waals surface area contributed by atoms with Crippen molar-refractivity contribution in [2.24, 2.45) is 0 Å². The molecule has 0 aromatic rings. The highest BCUT2D eigenvalue weighted by Crippen LogP contribution is 1.91. The SMILES string of the molecule is CCNC(=O)N1CCNCC1.Cl. The molecule has 0 saturated carbocycles. The molecule has 1 saturated heterocycles. The summed E-state index contributed by atoms with van der Waals surface area (Å²) in [6, 6.07) is 0.0639. The Kier molecular flexibility index (Phi) is 5.84. The largest absolute Gasteiger partial charge is 0.338 e. The topological polar surface area (TPSA) is 44.4 Å². The summed E-state index contributed by atoms with van der Waals surface area (Å²) in [6.07, 6.45) is 0. The molecule has 0 bridgehead atoms. The number of halogens is 1. The molecular weight excluding hydrogens is 178 g/mol. The number of amides is 2. The van der Waals surface area contributed by atoms with Gasteiger partial charge >= 0.3 is 6.03 Å². The average molecular weight is 194 g/mol. The van der Waals surface area contributed by atoms with Crippen LogP contribution in [0.5, 0.6) is 0 Å².